The molecule has 1 aromatic rings. The zero-order chi connectivity index (χ0) is 7.56. The van der Waals surface area contributed by atoms with Crippen LogP contribution in [0.4, 0.5) is 4.39 Å². The molecule has 11 heavy (non-hydrogen) atoms. The summed E-state index contributed by atoms with van der Waals surface area (Å²) in [7, 11) is 0. The summed E-state index contributed by atoms with van der Waals surface area (Å²) >= 11 is 0. The highest BCUT2D eigenvalue weighted by molar-refractivity contribution is 5.85. The second-order valence-electron chi connectivity index (χ2n) is 2.03. The molecular formula is C7H9ClFNO. The summed E-state index contributed by atoms with van der Waals surface area (Å²) in [5, 5.41) is 0. The predicted molar refractivity (Wildman–Crippen MR) is 43.2 cm³/mol. The zero-order valence-corrected chi connectivity index (χ0v) is 6.82. The molecule has 0 saturated heterocycles. The van der Waals surface area contributed by atoms with Gasteiger partial charge >= 0.3 is 0 Å². The lowest BCUT2D eigenvalue weighted by Gasteiger charge is -2.00. The summed E-state index contributed by atoms with van der Waals surface area (Å²) in [6.07, 6.45) is 0. The summed E-state index contributed by atoms with van der Waals surface area (Å²) in [4.78, 5) is 4.43. The fourth-order valence-electron chi connectivity index (χ4n) is 0.745. The Kier molecular flexibility index (Phi) is 3.85. The predicted octanol–water partition coefficient (Wildman–Crippen LogP) is 1.81. The Morgan fingerprint density at radius 1 is 1.45 bits per heavy atom. The minimum atomic E-state index is -0.279. The molecule has 2 nitrogen and oxygen atoms in total. The molecule has 0 aromatic heterocycles. The van der Waals surface area contributed by atoms with Crippen LogP contribution in [-0.2, 0) is 0 Å². The van der Waals surface area contributed by atoms with Crippen molar-refractivity contribution < 1.29 is 9.23 Å². The smallest absolute Gasteiger partial charge is 0.149 e. The van der Waals surface area contributed by atoms with E-state index in [0.717, 1.165) is 0 Å². The van der Waals surface area contributed by atoms with E-state index in [1.807, 2.05) is 0 Å². The maximum absolute atomic E-state index is 12.4. The second kappa shape index (κ2) is 4.16. The van der Waals surface area contributed by atoms with E-state index in [9.17, 15) is 4.39 Å². The summed E-state index contributed by atoms with van der Waals surface area (Å²) in [5.41, 5.74) is 0.697. The van der Waals surface area contributed by atoms with Crippen LogP contribution in [0.2, 0.25) is 0 Å². The number of hydrogen-bond acceptors (Lipinski definition) is 2. The van der Waals surface area contributed by atoms with Crippen molar-refractivity contribution in [1.29, 1.82) is 0 Å². The van der Waals surface area contributed by atoms with Crippen LogP contribution in [0.1, 0.15) is 5.56 Å². The highest BCUT2D eigenvalue weighted by atomic mass is 35.5. The molecule has 0 heterocycles. The number of nitrogens with two attached hydrogens (primary N) is 1. The van der Waals surface area contributed by atoms with Gasteiger partial charge in [-0.05, 0) is 30.7 Å². The first-order valence-electron chi connectivity index (χ1n) is 2.87. The molecule has 2 N–H and O–H groups in total. The Hall–Kier alpha value is -0.800. The topological polar surface area (TPSA) is 35.2 Å². The molecule has 0 unspecified atom stereocenters. The van der Waals surface area contributed by atoms with E-state index in [-0.39, 0.29) is 18.2 Å². The Morgan fingerprint density at radius 2 is 2.09 bits per heavy atom. The van der Waals surface area contributed by atoms with Crippen LogP contribution in [0.3, 0.4) is 0 Å². The molecule has 0 aliphatic carbocycles. The number of aryl methyl sites for hydroxylation is 1. The van der Waals surface area contributed by atoms with Gasteiger partial charge in [0, 0.05) is 0 Å². The minimum Gasteiger partial charge on any atom is -0.411 e. The van der Waals surface area contributed by atoms with Gasteiger partial charge in [-0.1, -0.05) is 0 Å². The van der Waals surface area contributed by atoms with Crippen LogP contribution >= 0.6 is 12.4 Å². The van der Waals surface area contributed by atoms with Gasteiger partial charge in [0.2, 0.25) is 0 Å². The van der Waals surface area contributed by atoms with E-state index >= 15 is 0 Å². The molecule has 0 atom stereocenters. The molecule has 0 fully saturated rings. The van der Waals surface area contributed by atoms with E-state index in [1.54, 1.807) is 6.92 Å². The largest absolute Gasteiger partial charge is 0.411 e. The van der Waals surface area contributed by atoms with Gasteiger partial charge in [0.25, 0.3) is 0 Å². The Morgan fingerprint density at radius 3 is 2.55 bits per heavy atom. The van der Waals surface area contributed by atoms with Gasteiger partial charge in [0.15, 0.2) is 0 Å². The van der Waals surface area contributed by atoms with Gasteiger partial charge in [-0.15, -0.1) is 12.4 Å². The Bertz CT molecular complexity index is 242. The van der Waals surface area contributed by atoms with Crippen LogP contribution in [-0.4, -0.2) is 0 Å². The molecule has 0 amide bonds. The van der Waals surface area contributed by atoms with Gasteiger partial charge in [-0.25, -0.2) is 4.39 Å². The van der Waals surface area contributed by atoms with Crippen LogP contribution in [0.15, 0.2) is 18.2 Å². The summed E-state index contributed by atoms with van der Waals surface area (Å²) in [5.74, 6) is 5.10. The third-order valence-electron chi connectivity index (χ3n) is 1.26. The van der Waals surface area contributed by atoms with E-state index in [2.05, 4.69) is 4.84 Å². The quantitative estimate of drug-likeness (QED) is 0.664. The molecule has 0 aliphatic rings. The Labute approximate surface area is 70.5 Å². The normalized spacial score (nSPS) is 8.64. The van der Waals surface area contributed by atoms with Crippen molar-refractivity contribution in [1.82, 2.24) is 0 Å². The molecule has 0 bridgehead atoms. The first-order valence-corrected chi connectivity index (χ1v) is 2.87. The van der Waals surface area contributed by atoms with Crippen LogP contribution in [0.25, 0.3) is 0 Å². The lowest BCUT2D eigenvalue weighted by molar-refractivity contribution is 0.331. The van der Waals surface area contributed by atoms with Crippen LogP contribution in [0, 0.1) is 12.7 Å². The van der Waals surface area contributed by atoms with Crippen molar-refractivity contribution in [3.8, 4) is 5.75 Å². The lowest BCUT2D eigenvalue weighted by atomic mass is 10.2. The SMILES string of the molecule is Cc1cc(F)ccc1ON.Cl. The second-order valence-corrected chi connectivity index (χ2v) is 2.03. The van der Waals surface area contributed by atoms with Gasteiger partial charge < -0.3 is 4.84 Å². The molecule has 0 spiro atoms. The van der Waals surface area contributed by atoms with Crippen molar-refractivity contribution in [2.24, 2.45) is 5.90 Å². The molecule has 0 aliphatic heterocycles. The van der Waals surface area contributed by atoms with Crippen molar-refractivity contribution in [2.75, 3.05) is 0 Å². The average molecular weight is 178 g/mol. The highest BCUT2D eigenvalue weighted by Crippen LogP contribution is 2.16. The average Bonchev–Trinajstić information content (AvgIpc) is 1.88. The van der Waals surface area contributed by atoms with Crippen molar-refractivity contribution >= 4 is 12.4 Å². The Balaban J connectivity index is 0.000001000. The third-order valence-corrected chi connectivity index (χ3v) is 1.26. The lowest BCUT2D eigenvalue weighted by Crippen LogP contribution is -2.03. The van der Waals surface area contributed by atoms with Gasteiger partial charge in [-0.2, -0.15) is 5.90 Å². The van der Waals surface area contributed by atoms with Crippen molar-refractivity contribution in [3.63, 3.8) is 0 Å². The van der Waals surface area contributed by atoms with E-state index in [4.69, 9.17) is 5.90 Å². The van der Waals surface area contributed by atoms with E-state index in [0.29, 0.717) is 11.3 Å². The van der Waals surface area contributed by atoms with Gasteiger partial charge in [-0.3, -0.25) is 0 Å². The van der Waals surface area contributed by atoms with Crippen LogP contribution < -0.4 is 10.7 Å². The molecule has 0 radical (unpaired) electrons. The summed E-state index contributed by atoms with van der Waals surface area (Å²) in [6, 6.07) is 4.15. The fraction of sp³-hybridized carbons (Fsp3) is 0.143. The van der Waals surface area contributed by atoms with E-state index in [1.165, 1.54) is 18.2 Å². The van der Waals surface area contributed by atoms with Crippen molar-refractivity contribution in [2.45, 2.75) is 6.92 Å². The number of hydrogen-bond donors (Lipinski definition) is 1. The standard InChI is InChI=1S/C7H8FNO.ClH/c1-5-4-6(8)2-3-7(5)10-9;/h2-4H,9H2,1H3;1H. The molecule has 4 heteroatoms. The van der Waals surface area contributed by atoms with Gasteiger partial charge in [0.05, 0.1) is 0 Å². The van der Waals surface area contributed by atoms with Crippen LogP contribution in [0.5, 0.6) is 5.75 Å². The third kappa shape index (κ3) is 2.37. The number of halogens is 2. The molecule has 1 aromatic carbocycles. The number of benzene rings is 1. The molecule has 0 saturated carbocycles. The highest BCUT2D eigenvalue weighted by Gasteiger charge is 1.97. The molecular weight excluding hydrogens is 169 g/mol. The van der Waals surface area contributed by atoms with E-state index < -0.39 is 0 Å². The minimum absolute atomic E-state index is 0. The monoisotopic (exact) mass is 177 g/mol. The van der Waals surface area contributed by atoms with Crippen molar-refractivity contribution in [3.05, 3.63) is 29.6 Å². The maximum Gasteiger partial charge on any atom is 0.149 e. The zero-order valence-electron chi connectivity index (χ0n) is 6.00. The van der Waals surface area contributed by atoms with Gasteiger partial charge in [0.1, 0.15) is 11.6 Å². The first-order chi connectivity index (χ1) is 4.74. The first kappa shape index (κ1) is 10.2. The molecule has 1 rings (SSSR count). The number of rotatable bonds is 1. The maximum atomic E-state index is 12.4. The molecule has 62 valence electrons. The fourth-order valence-corrected chi connectivity index (χ4v) is 0.745. The summed E-state index contributed by atoms with van der Waals surface area (Å²) < 4.78 is 12.4. The summed E-state index contributed by atoms with van der Waals surface area (Å²) in [6.45, 7) is 1.73.